The summed E-state index contributed by atoms with van der Waals surface area (Å²) in [6, 6.07) is 0. The van der Waals surface area contributed by atoms with E-state index in [1.807, 2.05) is 0 Å². The molecule has 0 amide bonds. The first-order valence-electron chi connectivity index (χ1n) is 15.6. The quantitative estimate of drug-likeness (QED) is 0.0333. The van der Waals surface area contributed by atoms with Gasteiger partial charge in [-0.3, -0.25) is 0 Å². The molecule has 1 atom stereocenters. The minimum absolute atomic E-state index is 0. The number of unbranched alkanes of at least 4 members (excludes halogenated alkanes) is 8. The fraction of sp³-hybridized carbons (Fsp3) is 1.00. The second-order valence-electron chi connectivity index (χ2n) is 12.2. The first-order chi connectivity index (χ1) is 24.0. The van der Waals surface area contributed by atoms with E-state index in [1.165, 1.54) is 0 Å². The van der Waals surface area contributed by atoms with E-state index in [0.29, 0.717) is 25.7 Å². The molecule has 0 aromatic carbocycles. The molecule has 0 rings (SSSR count). The van der Waals surface area contributed by atoms with Gasteiger partial charge in [0.2, 0.25) is 0 Å². The van der Waals surface area contributed by atoms with Gasteiger partial charge >= 0.3 is 101 Å². The molecule has 29 heteroatoms. The Kier molecular flexibility index (Phi) is 24.4. The molecule has 3 radical (unpaired) electrons. The van der Waals surface area contributed by atoms with E-state index < -0.39 is 94.8 Å². The molecule has 0 aliphatic rings. The molecule has 0 aliphatic heterocycles. The van der Waals surface area contributed by atoms with Gasteiger partial charge in [-0.05, 0) is 12.8 Å². The van der Waals surface area contributed by atoms with Gasteiger partial charge in [0.15, 0.2) is 0 Å². The summed E-state index contributed by atoms with van der Waals surface area (Å²) in [6.07, 6.45) is -16.0. The van der Waals surface area contributed by atoms with Crippen molar-refractivity contribution in [3.8, 4) is 0 Å². The van der Waals surface area contributed by atoms with Crippen LogP contribution in [0.2, 0.25) is 0 Å². The number of alkyl halides is 27. The Morgan fingerprint density at radius 1 is 0.368 bits per heavy atom. The molecule has 0 bridgehead atoms. The number of halogens is 27. The first kappa shape index (κ1) is 63.6. The molecule has 0 N–H and O–H groups in total. The number of hydrogen-bond donors (Lipinski definition) is 0. The van der Waals surface area contributed by atoms with Gasteiger partial charge < -0.3 is 1.43 Å². The summed E-state index contributed by atoms with van der Waals surface area (Å²) < 4.78 is 334. The van der Waals surface area contributed by atoms with Crippen LogP contribution in [0.4, 0.5) is 114 Å². The smallest absolute Gasteiger partial charge is 1.00 e. The maximum absolute atomic E-state index is 13.6. The molecular weight excluding hydrogens is 991 g/mol. The van der Waals surface area contributed by atoms with Crippen molar-refractivity contribution in [2.45, 2.75) is 173 Å². The third-order valence-corrected chi connectivity index (χ3v) is 8.75. The van der Waals surface area contributed by atoms with E-state index in [0.717, 1.165) is 35.4 Å². The Bertz CT molecular complexity index is 1160. The maximum Gasteiger partial charge on any atom is 1.00 e. The van der Waals surface area contributed by atoms with Crippen LogP contribution in [-0.4, -0.2) is 83.9 Å². The zero-order chi connectivity index (χ0) is 44.8. The van der Waals surface area contributed by atoms with Gasteiger partial charge in [-0.2, -0.15) is 114 Å². The zero-order valence-corrected chi connectivity index (χ0v) is 33.7. The van der Waals surface area contributed by atoms with Crippen LogP contribution >= 0.6 is 22.6 Å². The Morgan fingerprint density at radius 3 is 0.947 bits per heavy atom. The fourth-order valence-electron chi connectivity index (χ4n) is 4.19. The molecule has 339 valence electrons. The van der Waals surface area contributed by atoms with Crippen LogP contribution in [0.5, 0.6) is 0 Å². The van der Waals surface area contributed by atoms with Crippen molar-refractivity contribution in [3.63, 3.8) is 0 Å². The van der Waals surface area contributed by atoms with Crippen LogP contribution in [0.15, 0.2) is 0 Å². The normalized spacial score (nSPS) is 15.3. The Morgan fingerprint density at radius 2 is 0.632 bits per heavy atom. The van der Waals surface area contributed by atoms with Gasteiger partial charge in [-0.25, -0.2) is 0 Å². The molecule has 0 heterocycles. The maximum atomic E-state index is 13.6. The van der Waals surface area contributed by atoms with Crippen LogP contribution in [0.25, 0.3) is 0 Å². The Labute approximate surface area is 347 Å². The van der Waals surface area contributed by atoms with Crippen molar-refractivity contribution in [3.05, 3.63) is 0 Å². The van der Waals surface area contributed by atoms with Crippen molar-refractivity contribution in [1.29, 1.82) is 0 Å². The van der Waals surface area contributed by atoms with Crippen molar-refractivity contribution in [1.82, 2.24) is 0 Å². The average molecular weight is 1030 g/mol. The average Bonchev–Trinajstić information content (AvgIpc) is 2.99. The van der Waals surface area contributed by atoms with E-state index in [-0.39, 0.29) is 65.1 Å². The van der Waals surface area contributed by atoms with Crippen molar-refractivity contribution >= 4 is 31.0 Å². The summed E-state index contributed by atoms with van der Waals surface area (Å²) in [5, 5.41) is 0. The predicted octanol–water partition coefficient (Wildman–Crippen LogP) is 12.1. The fourth-order valence-corrected chi connectivity index (χ4v) is 5.18. The number of rotatable bonds is 22. The van der Waals surface area contributed by atoms with Gasteiger partial charge in [0, 0.05) is 25.2 Å². The van der Waals surface area contributed by atoms with Gasteiger partial charge in [0.25, 0.3) is 0 Å². The van der Waals surface area contributed by atoms with Gasteiger partial charge in [0.1, 0.15) is 0 Å². The SMILES string of the molecule is CCCCCCC(I)CC(F)(F)C(F)(F)C(F)(F)C(F)(F)C(F)(F)C(F)(F)F.CCCCCCCCC(F)(F)C(F)(F)C(F)(F)C(F)(F)C(F)(F)C(F)(F)F.[B].[H-].[Na+]. The van der Waals surface area contributed by atoms with E-state index >= 15 is 0 Å². The molecule has 0 spiro atoms. The monoisotopic (exact) mass is 1030 g/mol. The van der Waals surface area contributed by atoms with E-state index in [1.54, 1.807) is 13.8 Å². The molecule has 0 saturated heterocycles. The summed E-state index contributed by atoms with van der Waals surface area (Å²) in [5.41, 5.74) is 0. The second-order valence-corrected chi connectivity index (χ2v) is 13.9. The number of hydrogen-bond acceptors (Lipinski definition) is 0. The molecule has 0 aromatic heterocycles. The molecule has 57 heavy (non-hydrogen) atoms. The summed E-state index contributed by atoms with van der Waals surface area (Å²) in [5.74, 6) is -72.6. The van der Waals surface area contributed by atoms with Gasteiger partial charge in [-0.1, -0.05) is 94.2 Å². The topological polar surface area (TPSA) is 0 Å². The molecule has 1 unspecified atom stereocenters. The minimum atomic E-state index is -7.83. The molecule has 0 nitrogen and oxygen atoms in total. The molecule has 0 aliphatic carbocycles. The summed E-state index contributed by atoms with van der Waals surface area (Å²) in [7, 11) is 0. The summed E-state index contributed by atoms with van der Waals surface area (Å²) in [4.78, 5) is 0. The van der Waals surface area contributed by atoms with Gasteiger partial charge in [-0.15, -0.1) is 0 Å². The largest absolute Gasteiger partial charge is 1.00 e. The van der Waals surface area contributed by atoms with Crippen LogP contribution in [0.3, 0.4) is 0 Å². The Hall–Kier alpha value is -0.0251. The molecule has 0 fully saturated rings. The van der Waals surface area contributed by atoms with Crippen molar-refractivity contribution in [2.75, 3.05) is 0 Å². The molecular formula is C28H34BF26INa. The molecule has 0 saturated carbocycles. The van der Waals surface area contributed by atoms with E-state index in [9.17, 15) is 114 Å². The van der Waals surface area contributed by atoms with Crippen molar-refractivity contribution in [2.24, 2.45) is 0 Å². The first-order valence-corrected chi connectivity index (χ1v) is 16.8. The predicted molar refractivity (Wildman–Crippen MR) is 158 cm³/mol. The van der Waals surface area contributed by atoms with Crippen LogP contribution < -0.4 is 29.6 Å². The third kappa shape index (κ3) is 13.5. The van der Waals surface area contributed by atoms with Crippen LogP contribution in [0.1, 0.15) is 98.7 Å². The van der Waals surface area contributed by atoms with E-state index in [4.69, 9.17) is 0 Å². The second kappa shape index (κ2) is 21.9. The Balaban J connectivity index is -0.000000307. The van der Waals surface area contributed by atoms with Crippen LogP contribution in [-0.2, 0) is 0 Å². The third-order valence-electron chi connectivity index (χ3n) is 7.69. The standard InChI is InChI=1S/C14H16F13I.C14H17F13.B.Na.H/c1-2-3-4-5-6-8(28)7-9(15,16)10(17,18)11(19,20)12(21,22)13(23,24)14(25,26)27;1-2-3-4-5-6-7-8-9(15,16)10(17,18)11(19,20)12(21,22)13(23,24)14(25,26)27;;;/h8H,2-7H2,1H3;2-8H2,1H3;;;/q;;;+1;-1. The molecule has 0 aromatic rings. The van der Waals surface area contributed by atoms with Gasteiger partial charge in [0.05, 0.1) is 0 Å². The minimum Gasteiger partial charge on any atom is -1.00 e. The summed E-state index contributed by atoms with van der Waals surface area (Å²) >= 11 is 1.16. The van der Waals surface area contributed by atoms with Crippen LogP contribution in [0, 0.1) is 0 Å². The van der Waals surface area contributed by atoms with E-state index in [2.05, 4.69) is 0 Å². The zero-order valence-electron chi connectivity index (χ0n) is 30.6. The summed E-state index contributed by atoms with van der Waals surface area (Å²) in [6.45, 7) is 3.57. The van der Waals surface area contributed by atoms with Crippen molar-refractivity contribution < 1.29 is 145 Å².